The Morgan fingerprint density at radius 3 is 1.78 bits per heavy atom. The highest BCUT2D eigenvalue weighted by Gasteiger charge is 2.21. The van der Waals surface area contributed by atoms with E-state index < -0.39 is 0 Å². The van der Waals surface area contributed by atoms with Crippen molar-refractivity contribution in [3.05, 3.63) is 224 Å². The molecule has 0 N–H and O–H groups in total. The first-order chi connectivity index (χ1) is 31.4. The second-order valence-electron chi connectivity index (χ2n) is 15.4. The van der Waals surface area contributed by atoms with E-state index in [0.717, 1.165) is 70.9 Å². The topological polar surface area (TPSA) is 16.4 Å². The predicted molar refractivity (Wildman–Crippen MR) is 255 cm³/mol. The minimum atomic E-state index is -0.143. The first kappa shape index (κ1) is 30.2. The summed E-state index contributed by atoms with van der Waals surface area (Å²) in [7, 11) is 0. The number of hydrogen-bond acceptors (Lipinski definition) is 2. The van der Waals surface area contributed by atoms with Crippen molar-refractivity contribution in [3.8, 4) is 33.4 Å². The molecule has 0 aliphatic rings. The Hall–Kier alpha value is -7.94. The fourth-order valence-electron chi connectivity index (χ4n) is 8.97. The normalized spacial score (nSPS) is 12.6. The van der Waals surface area contributed by atoms with E-state index in [-0.39, 0.29) is 35.4 Å². The third kappa shape index (κ3) is 5.65. The monoisotopic (exact) mass is 767 g/mol. The number of rotatable bonds is 6. The van der Waals surface area contributed by atoms with Crippen LogP contribution in [0.15, 0.2) is 229 Å². The van der Waals surface area contributed by atoms with Gasteiger partial charge in [-0.3, -0.25) is 0 Å². The van der Waals surface area contributed by atoms with Gasteiger partial charge in [-0.2, -0.15) is 0 Å². The van der Waals surface area contributed by atoms with Gasteiger partial charge in [0, 0.05) is 22.1 Å². The first-order valence-electron chi connectivity index (χ1n) is 22.3. The van der Waals surface area contributed by atoms with E-state index in [2.05, 4.69) is 115 Å². The van der Waals surface area contributed by atoms with Crippen LogP contribution in [-0.4, -0.2) is 0 Å². The molecule has 11 aromatic carbocycles. The molecule has 0 bridgehead atoms. The molecule has 0 unspecified atom stereocenters. The van der Waals surface area contributed by atoms with Gasteiger partial charge in [0.25, 0.3) is 0 Å². The van der Waals surface area contributed by atoms with E-state index in [1.54, 1.807) is 0 Å². The van der Waals surface area contributed by atoms with E-state index in [9.17, 15) is 5.48 Å². The van der Waals surface area contributed by atoms with Crippen LogP contribution < -0.4 is 4.90 Å². The van der Waals surface area contributed by atoms with Crippen molar-refractivity contribution in [1.82, 2.24) is 0 Å². The summed E-state index contributed by atoms with van der Waals surface area (Å²) in [6, 6.07) is 67.3. The van der Waals surface area contributed by atoms with Gasteiger partial charge < -0.3 is 9.32 Å². The molecule has 0 spiro atoms. The molecule has 2 nitrogen and oxygen atoms in total. The van der Waals surface area contributed by atoms with Crippen LogP contribution in [0.25, 0.3) is 98.4 Å². The molecule has 0 saturated carbocycles. The lowest BCUT2D eigenvalue weighted by Gasteiger charge is -2.27. The zero-order valence-electron chi connectivity index (χ0n) is 36.4. The van der Waals surface area contributed by atoms with Crippen molar-refractivity contribution in [3.63, 3.8) is 0 Å². The third-order valence-corrected chi connectivity index (χ3v) is 11.9. The fraction of sp³-hybridized carbons (Fsp3) is 0. The Labute approximate surface area is 353 Å². The highest BCUT2D eigenvalue weighted by Crippen LogP contribution is 2.45. The number of anilines is 3. The van der Waals surface area contributed by atoms with Gasteiger partial charge in [0.05, 0.1) is 16.6 Å². The van der Waals surface area contributed by atoms with Gasteiger partial charge in [-0.25, -0.2) is 0 Å². The van der Waals surface area contributed by atoms with Gasteiger partial charge in [0.2, 0.25) is 0 Å². The lowest BCUT2D eigenvalue weighted by molar-refractivity contribution is 0.672. The van der Waals surface area contributed by atoms with Crippen LogP contribution >= 0.6 is 0 Å². The largest absolute Gasteiger partial charge is 0.455 e. The van der Waals surface area contributed by atoms with E-state index in [1.165, 1.54) is 10.8 Å². The average molecular weight is 768 g/mol. The highest BCUT2D eigenvalue weighted by molar-refractivity contribution is 6.20. The Kier molecular flexibility index (Phi) is 6.98. The Bertz CT molecular complexity index is 3820. The van der Waals surface area contributed by atoms with Crippen LogP contribution in [0.3, 0.4) is 0 Å². The first-order valence-corrected chi connectivity index (χ1v) is 20.3. The number of hydrogen-bond donors (Lipinski definition) is 0. The van der Waals surface area contributed by atoms with Crippen molar-refractivity contribution in [2.75, 3.05) is 4.90 Å². The quantitative estimate of drug-likeness (QED) is 0.157. The van der Waals surface area contributed by atoms with Gasteiger partial charge in [0.1, 0.15) is 11.2 Å². The molecule has 0 atom stereocenters. The number of fused-ring (bicyclic) bond motifs is 9. The number of furan rings is 1. The van der Waals surface area contributed by atoms with Gasteiger partial charge in [-0.15, -0.1) is 0 Å². The minimum Gasteiger partial charge on any atom is -0.455 e. The molecular weight excluding hydrogens is 727 g/mol. The Balaban J connectivity index is 1.06. The van der Waals surface area contributed by atoms with Crippen molar-refractivity contribution < 1.29 is 9.90 Å². The zero-order valence-corrected chi connectivity index (χ0v) is 32.4. The lowest BCUT2D eigenvalue weighted by Crippen LogP contribution is -2.10. The SMILES string of the molecule is [2H]c1c([2H])c(N(c2ccc(-c3cccc(-c4ccc5ccccc5c4)c3)cc2)c2cccc3oc4c5ccccc5ccc4c23)c([2H])c([2H])c1-c1cc2ccccc2c2ccccc12. The van der Waals surface area contributed by atoms with Gasteiger partial charge in [-0.1, -0.05) is 164 Å². The van der Waals surface area contributed by atoms with Crippen LogP contribution in [-0.2, 0) is 0 Å². The molecule has 0 aliphatic carbocycles. The molecule has 1 heterocycles. The summed E-state index contributed by atoms with van der Waals surface area (Å²) < 4.78 is 45.8. The van der Waals surface area contributed by atoms with Crippen LogP contribution in [0, 0.1) is 0 Å². The Morgan fingerprint density at radius 1 is 0.350 bits per heavy atom. The van der Waals surface area contributed by atoms with E-state index in [1.807, 2.05) is 89.8 Å². The van der Waals surface area contributed by atoms with Crippen LogP contribution in [0.4, 0.5) is 17.1 Å². The molecule has 12 aromatic rings. The molecule has 0 fully saturated rings. The van der Waals surface area contributed by atoms with Crippen molar-refractivity contribution >= 4 is 82.1 Å². The summed E-state index contributed by atoms with van der Waals surface area (Å²) in [6.07, 6.45) is 0. The van der Waals surface area contributed by atoms with Gasteiger partial charge >= 0.3 is 0 Å². The maximum atomic E-state index is 9.84. The fourth-order valence-corrected chi connectivity index (χ4v) is 8.97. The smallest absolute Gasteiger partial charge is 0.143 e. The summed E-state index contributed by atoms with van der Waals surface area (Å²) in [6.45, 7) is 0. The standard InChI is InChI=1S/C58H37NO/c1-2-13-42-36-45(24-23-38(42)11-1)44-16-9-15-43(35-44)39-25-30-47(31-26-39)59(55-21-10-22-56-57(55)53-34-29-40-12-3-6-18-50(40)58(53)60-56)48-32-27-41(28-33-48)54-37-46-14-4-5-17-49(46)51-19-7-8-20-52(51)54/h1-37H/i27D,28D,32D,33D. The summed E-state index contributed by atoms with van der Waals surface area (Å²) >= 11 is 0. The predicted octanol–water partition coefficient (Wildman–Crippen LogP) is 16.7. The van der Waals surface area contributed by atoms with Gasteiger partial charge in [-0.05, 0) is 132 Å². The minimum absolute atomic E-state index is 0.112. The number of benzene rings is 11. The summed E-state index contributed by atoms with van der Waals surface area (Å²) in [5.74, 6) is 0. The molecule has 0 amide bonds. The molecular formula is C58H37NO. The van der Waals surface area contributed by atoms with Crippen molar-refractivity contribution in [2.24, 2.45) is 0 Å². The zero-order chi connectivity index (χ0) is 43.1. The summed E-state index contributed by atoms with van der Waals surface area (Å²) in [5, 5.41) is 10.0. The molecule has 1 aromatic heterocycles. The molecule has 0 aliphatic heterocycles. The van der Waals surface area contributed by atoms with E-state index in [4.69, 9.17) is 4.42 Å². The lowest BCUT2D eigenvalue weighted by atomic mass is 9.93. The second kappa shape index (κ2) is 13.9. The average Bonchev–Trinajstić information content (AvgIpc) is 3.75. The molecule has 0 radical (unpaired) electrons. The summed E-state index contributed by atoms with van der Waals surface area (Å²) in [4.78, 5) is 1.88. The maximum Gasteiger partial charge on any atom is 0.143 e. The molecule has 0 saturated heterocycles. The molecule has 60 heavy (non-hydrogen) atoms. The van der Waals surface area contributed by atoms with Crippen LogP contribution in [0.5, 0.6) is 0 Å². The number of nitrogens with zero attached hydrogens (tertiary/aromatic N) is 1. The van der Waals surface area contributed by atoms with Crippen LogP contribution in [0.2, 0.25) is 0 Å². The summed E-state index contributed by atoms with van der Waals surface area (Å²) in [5.41, 5.74) is 8.16. The van der Waals surface area contributed by atoms with Crippen molar-refractivity contribution in [1.29, 1.82) is 0 Å². The Morgan fingerprint density at radius 2 is 0.967 bits per heavy atom. The molecule has 280 valence electrons. The third-order valence-electron chi connectivity index (χ3n) is 11.9. The highest BCUT2D eigenvalue weighted by atomic mass is 16.3. The van der Waals surface area contributed by atoms with Crippen LogP contribution in [0.1, 0.15) is 5.48 Å². The molecule has 12 rings (SSSR count). The van der Waals surface area contributed by atoms with Gasteiger partial charge in [0.15, 0.2) is 0 Å². The second-order valence-corrected chi connectivity index (χ2v) is 15.4. The maximum absolute atomic E-state index is 9.84. The van der Waals surface area contributed by atoms with E-state index in [0.29, 0.717) is 22.5 Å². The van der Waals surface area contributed by atoms with E-state index >= 15 is 0 Å². The van der Waals surface area contributed by atoms with Crippen molar-refractivity contribution in [2.45, 2.75) is 0 Å². The molecule has 2 heteroatoms.